The van der Waals surface area contributed by atoms with Crippen LogP contribution >= 0.6 is 12.2 Å². The van der Waals surface area contributed by atoms with E-state index in [2.05, 4.69) is 17.2 Å². The first-order chi connectivity index (χ1) is 9.41. The molecule has 20 heavy (non-hydrogen) atoms. The fourth-order valence-corrected chi connectivity index (χ4v) is 2.03. The minimum Gasteiger partial charge on any atom is -0.389 e. The molecule has 0 radical (unpaired) electrons. The number of rotatable bonds is 4. The molecule has 7 heteroatoms. The third-order valence-corrected chi connectivity index (χ3v) is 3.26. The summed E-state index contributed by atoms with van der Waals surface area (Å²) < 4.78 is 29.7. The number of hydrogen-bond acceptors (Lipinski definition) is 3. The van der Waals surface area contributed by atoms with Crippen molar-refractivity contribution in [2.24, 2.45) is 12.8 Å². The van der Waals surface area contributed by atoms with Gasteiger partial charge in [-0.15, -0.1) is 0 Å². The van der Waals surface area contributed by atoms with E-state index < -0.39 is 11.6 Å². The topological polar surface area (TPSA) is 47.1 Å². The fourth-order valence-electron chi connectivity index (χ4n) is 1.87. The molecule has 0 aliphatic rings. The van der Waals surface area contributed by atoms with Crippen LogP contribution < -0.4 is 10.6 Å². The molecular weight excluding hydrogens is 282 g/mol. The molecule has 0 atom stereocenters. The predicted octanol–water partition coefficient (Wildman–Crippen LogP) is 1.97. The van der Waals surface area contributed by atoms with E-state index in [-0.39, 0.29) is 16.2 Å². The number of thiocarbonyl (C=S) groups is 1. The van der Waals surface area contributed by atoms with Crippen molar-refractivity contribution in [3.63, 3.8) is 0 Å². The Hall–Kier alpha value is -2.02. The molecule has 4 nitrogen and oxygen atoms in total. The molecule has 1 aromatic heterocycles. The first kappa shape index (κ1) is 14.4. The van der Waals surface area contributed by atoms with Crippen molar-refractivity contribution >= 4 is 22.9 Å². The molecule has 2 N–H and O–H groups in total. The maximum absolute atomic E-state index is 14.0. The van der Waals surface area contributed by atoms with Gasteiger partial charge in [0.05, 0.1) is 12.2 Å². The van der Waals surface area contributed by atoms with Crippen LogP contribution in [0.4, 0.5) is 14.5 Å². The lowest BCUT2D eigenvalue weighted by Crippen LogP contribution is -2.21. The molecule has 2 aromatic rings. The maximum Gasteiger partial charge on any atom is 0.182 e. The first-order valence-corrected chi connectivity index (χ1v) is 6.27. The zero-order valence-corrected chi connectivity index (χ0v) is 11.9. The molecule has 0 aliphatic heterocycles. The van der Waals surface area contributed by atoms with Crippen molar-refractivity contribution in [2.45, 2.75) is 6.54 Å². The molecule has 0 unspecified atom stereocenters. The summed E-state index contributed by atoms with van der Waals surface area (Å²) in [4.78, 5) is 5.55. The summed E-state index contributed by atoms with van der Waals surface area (Å²) in [5.74, 6) is -1.25. The third kappa shape index (κ3) is 2.62. The van der Waals surface area contributed by atoms with Gasteiger partial charge in [-0.1, -0.05) is 12.2 Å². The van der Waals surface area contributed by atoms with Crippen molar-refractivity contribution in [3.8, 4) is 0 Å². The Kier molecular flexibility index (Phi) is 3.99. The molecule has 0 fully saturated rings. The van der Waals surface area contributed by atoms with E-state index in [1.165, 1.54) is 12.1 Å². The Morgan fingerprint density at radius 2 is 2.10 bits per heavy atom. The quantitative estimate of drug-likeness (QED) is 0.876. The van der Waals surface area contributed by atoms with E-state index >= 15 is 0 Å². The molecule has 106 valence electrons. The lowest BCUT2D eigenvalue weighted by molar-refractivity contribution is 0.505. The summed E-state index contributed by atoms with van der Waals surface area (Å²) in [5.41, 5.74) is 5.38. The number of nitrogens with two attached hydrogens (primary N) is 1. The van der Waals surface area contributed by atoms with Gasteiger partial charge in [-0.05, 0) is 12.1 Å². The molecule has 0 saturated heterocycles. The minimum absolute atomic E-state index is 0.0911. The van der Waals surface area contributed by atoms with Gasteiger partial charge in [0.1, 0.15) is 10.8 Å². The number of benzene rings is 1. The highest BCUT2D eigenvalue weighted by Crippen LogP contribution is 2.24. The zero-order chi connectivity index (χ0) is 14.9. The first-order valence-electron chi connectivity index (χ1n) is 5.87. The molecule has 1 aromatic carbocycles. The number of nitrogens with zero attached hydrogens (tertiary/aromatic N) is 3. The monoisotopic (exact) mass is 296 g/mol. The number of hydrogen-bond donors (Lipinski definition) is 1. The van der Waals surface area contributed by atoms with Gasteiger partial charge in [-0.25, -0.2) is 13.8 Å². The van der Waals surface area contributed by atoms with Crippen molar-refractivity contribution in [1.29, 1.82) is 0 Å². The van der Waals surface area contributed by atoms with Gasteiger partial charge >= 0.3 is 0 Å². The van der Waals surface area contributed by atoms with Crippen molar-refractivity contribution in [1.82, 2.24) is 9.55 Å². The van der Waals surface area contributed by atoms with E-state index in [1.54, 1.807) is 24.3 Å². The number of imidazole rings is 1. The van der Waals surface area contributed by atoms with Gasteiger partial charge in [0.15, 0.2) is 11.6 Å². The second-order valence-electron chi connectivity index (χ2n) is 4.43. The summed E-state index contributed by atoms with van der Waals surface area (Å²) >= 11 is 4.67. The second kappa shape index (κ2) is 5.54. The van der Waals surface area contributed by atoms with Gasteiger partial charge in [-0.2, -0.15) is 0 Å². The maximum atomic E-state index is 14.0. The molecule has 0 spiro atoms. The van der Waals surface area contributed by atoms with Gasteiger partial charge in [0, 0.05) is 32.1 Å². The summed E-state index contributed by atoms with van der Waals surface area (Å²) in [7, 11) is 3.50. The van der Waals surface area contributed by atoms with Crippen LogP contribution in [0.1, 0.15) is 11.4 Å². The van der Waals surface area contributed by atoms with E-state index in [0.29, 0.717) is 6.54 Å². The average molecular weight is 296 g/mol. The van der Waals surface area contributed by atoms with E-state index in [4.69, 9.17) is 5.73 Å². The summed E-state index contributed by atoms with van der Waals surface area (Å²) in [5, 5.41) is 0. The van der Waals surface area contributed by atoms with Crippen molar-refractivity contribution in [3.05, 3.63) is 47.5 Å². The Balaban J connectivity index is 2.31. The SMILES string of the molecule is CN(Cc1nccn1C)c1ccc(C(N)=S)c(F)c1F. The Labute approximate surface area is 120 Å². The van der Waals surface area contributed by atoms with Crippen LogP contribution in [0.25, 0.3) is 0 Å². The molecule has 0 amide bonds. The second-order valence-corrected chi connectivity index (χ2v) is 4.87. The number of aryl methyl sites for hydroxylation is 1. The minimum atomic E-state index is -1.03. The smallest absolute Gasteiger partial charge is 0.182 e. The standard InChI is InChI=1S/C13H14F2N4S/c1-18-6-5-17-10(18)7-19(2)9-4-3-8(13(16)20)11(14)12(9)15/h3-6H,7H2,1-2H3,(H2,16,20). The number of aromatic nitrogens is 2. The Morgan fingerprint density at radius 3 is 2.65 bits per heavy atom. The van der Waals surface area contributed by atoms with Gasteiger partial charge in [0.25, 0.3) is 0 Å². The number of anilines is 1. The molecule has 0 aliphatic carbocycles. The van der Waals surface area contributed by atoms with Crippen LogP contribution in [0, 0.1) is 11.6 Å². The fraction of sp³-hybridized carbons (Fsp3) is 0.231. The summed E-state index contributed by atoms with van der Waals surface area (Å²) in [6.07, 6.45) is 3.44. The molecule has 0 saturated carbocycles. The van der Waals surface area contributed by atoms with E-state index in [1.807, 2.05) is 11.6 Å². The number of halogens is 2. The lowest BCUT2D eigenvalue weighted by atomic mass is 10.1. The highest BCUT2D eigenvalue weighted by Gasteiger charge is 2.18. The zero-order valence-electron chi connectivity index (χ0n) is 11.1. The normalized spacial score (nSPS) is 10.6. The third-order valence-electron chi connectivity index (χ3n) is 3.04. The predicted molar refractivity (Wildman–Crippen MR) is 77.6 cm³/mol. The van der Waals surface area contributed by atoms with Crippen LogP contribution in [0.15, 0.2) is 24.5 Å². The van der Waals surface area contributed by atoms with Crippen LogP contribution in [-0.2, 0) is 13.6 Å². The van der Waals surface area contributed by atoms with Crippen LogP contribution in [-0.4, -0.2) is 21.6 Å². The van der Waals surface area contributed by atoms with E-state index in [0.717, 1.165) is 5.82 Å². The molecule has 1 heterocycles. The van der Waals surface area contributed by atoms with Crippen LogP contribution in [0.3, 0.4) is 0 Å². The Bertz CT molecular complexity index is 654. The lowest BCUT2D eigenvalue weighted by Gasteiger charge is -2.20. The van der Waals surface area contributed by atoms with Gasteiger partial charge in [-0.3, -0.25) is 0 Å². The van der Waals surface area contributed by atoms with Gasteiger partial charge < -0.3 is 15.2 Å². The highest BCUT2D eigenvalue weighted by atomic mass is 32.1. The van der Waals surface area contributed by atoms with E-state index in [9.17, 15) is 8.78 Å². The summed E-state index contributed by atoms with van der Waals surface area (Å²) in [6, 6.07) is 2.83. The average Bonchev–Trinajstić information content (AvgIpc) is 2.77. The Morgan fingerprint density at radius 1 is 1.40 bits per heavy atom. The largest absolute Gasteiger partial charge is 0.389 e. The van der Waals surface area contributed by atoms with Gasteiger partial charge in [0.2, 0.25) is 0 Å². The molecule has 0 bridgehead atoms. The van der Waals surface area contributed by atoms with Crippen LogP contribution in [0.2, 0.25) is 0 Å². The summed E-state index contributed by atoms with van der Waals surface area (Å²) in [6.45, 7) is 0.353. The highest BCUT2D eigenvalue weighted by molar-refractivity contribution is 7.80. The van der Waals surface area contributed by atoms with Crippen molar-refractivity contribution < 1.29 is 8.78 Å². The molecule has 2 rings (SSSR count). The van der Waals surface area contributed by atoms with Crippen molar-refractivity contribution in [2.75, 3.05) is 11.9 Å². The molecular formula is C13H14F2N4S. The van der Waals surface area contributed by atoms with Crippen LogP contribution in [0.5, 0.6) is 0 Å².